The summed E-state index contributed by atoms with van der Waals surface area (Å²) in [4.78, 5) is 11.4. The lowest BCUT2D eigenvalue weighted by Gasteiger charge is -2.33. The fourth-order valence-electron chi connectivity index (χ4n) is 1.94. The van der Waals surface area contributed by atoms with Crippen molar-refractivity contribution in [1.82, 2.24) is 5.32 Å². The molecule has 0 spiro atoms. The molecule has 100 valence electrons. The summed E-state index contributed by atoms with van der Waals surface area (Å²) in [6.45, 7) is 5.15. The molecule has 1 fully saturated rings. The summed E-state index contributed by atoms with van der Waals surface area (Å²) in [6, 6.07) is -1.21. The van der Waals surface area contributed by atoms with Gasteiger partial charge in [-0.15, -0.1) is 0 Å². The van der Waals surface area contributed by atoms with Crippen LogP contribution in [-0.4, -0.2) is 29.7 Å². The third-order valence-electron chi connectivity index (χ3n) is 2.41. The van der Waals surface area contributed by atoms with Gasteiger partial charge in [0.2, 0.25) is 0 Å². The van der Waals surface area contributed by atoms with Crippen LogP contribution in [-0.2, 0) is 4.74 Å². The van der Waals surface area contributed by atoms with Gasteiger partial charge in [-0.3, -0.25) is 0 Å². The quantitative estimate of drug-likeness (QED) is 0.748. The first-order valence-electron chi connectivity index (χ1n) is 5.70. The first-order chi connectivity index (χ1) is 7.57. The molecule has 0 aliphatic heterocycles. The van der Waals surface area contributed by atoms with Gasteiger partial charge >= 0.3 is 6.09 Å². The van der Waals surface area contributed by atoms with Crippen LogP contribution in [0.1, 0.15) is 40.0 Å². The molecule has 4 nitrogen and oxygen atoms in total. The van der Waals surface area contributed by atoms with Crippen LogP contribution >= 0.6 is 0 Å². The first kappa shape index (κ1) is 14.2. The number of rotatable bonds is 1. The van der Waals surface area contributed by atoms with Crippen LogP contribution in [0.2, 0.25) is 0 Å². The van der Waals surface area contributed by atoms with Gasteiger partial charge in [0.1, 0.15) is 5.60 Å². The van der Waals surface area contributed by atoms with Crippen molar-refractivity contribution in [1.29, 1.82) is 0 Å². The molecule has 0 aromatic rings. The third kappa shape index (κ3) is 5.30. The third-order valence-corrected chi connectivity index (χ3v) is 2.41. The van der Waals surface area contributed by atoms with E-state index in [0.717, 1.165) is 0 Å². The summed E-state index contributed by atoms with van der Waals surface area (Å²) < 4.78 is 31.5. The standard InChI is InChI=1S/C11H20F2N2O2/c1-10(2,3)17-9(16)15-8-4-7(14)5-11(12,13)6-8/h7-8H,4-6,14H2,1-3H3,(H,15,16)/t7-,8+/m0/s1. The molecule has 17 heavy (non-hydrogen) atoms. The molecule has 1 aliphatic carbocycles. The minimum atomic E-state index is -2.81. The summed E-state index contributed by atoms with van der Waals surface area (Å²) in [5.74, 6) is -2.81. The predicted octanol–water partition coefficient (Wildman–Crippen LogP) is 2.03. The highest BCUT2D eigenvalue weighted by molar-refractivity contribution is 5.68. The molecule has 0 unspecified atom stereocenters. The van der Waals surface area contributed by atoms with Gasteiger partial charge in [0.15, 0.2) is 0 Å². The second-order valence-electron chi connectivity index (χ2n) is 5.60. The van der Waals surface area contributed by atoms with Gasteiger partial charge in [-0.05, 0) is 27.2 Å². The normalized spacial score (nSPS) is 28.6. The summed E-state index contributed by atoms with van der Waals surface area (Å²) in [6.07, 6.45) is -1.01. The van der Waals surface area contributed by atoms with Crippen LogP contribution in [0.3, 0.4) is 0 Å². The Morgan fingerprint density at radius 3 is 2.47 bits per heavy atom. The predicted molar refractivity (Wildman–Crippen MR) is 59.9 cm³/mol. The van der Waals surface area contributed by atoms with Crippen molar-refractivity contribution in [3.05, 3.63) is 0 Å². The maximum Gasteiger partial charge on any atom is 0.407 e. The van der Waals surface area contributed by atoms with Crippen LogP contribution in [0.15, 0.2) is 0 Å². The average Bonchev–Trinajstić information content (AvgIpc) is 1.93. The molecule has 0 heterocycles. The summed E-state index contributed by atoms with van der Waals surface area (Å²) >= 11 is 0. The maximum atomic E-state index is 13.2. The molecule has 1 rings (SSSR count). The highest BCUT2D eigenvalue weighted by Crippen LogP contribution is 2.32. The van der Waals surface area contributed by atoms with Gasteiger partial charge in [-0.2, -0.15) is 0 Å². The largest absolute Gasteiger partial charge is 0.444 e. The van der Waals surface area contributed by atoms with Crippen molar-refractivity contribution in [2.75, 3.05) is 0 Å². The van der Waals surface area contributed by atoms with E-state index in [9.17, 15) is 13.6 Å². The number of alkyl carbamates (subject to hydrolysis) is 1. The maximum absolute atomic E-state index is 13.2. The van der Waals surface area contributed by atoms with E-state index in [-0.39, 0.29) is 12.8 Å². The fraction of sp³-hybridized carbons (Fsp3) is 0.909. The number of amides is 1. The monoisotopic (exact) mass is 250 g/mol. The number of carbonyl (C=O) groups is 1. The van der Waals surface area contributed by atoms with Crippen molar-refractivity contribution < 1.29 is 18.3 Å². The van der Waals surface area contributed by atoms with Crippen molar-refractivity contribution in [3.63, 3.8) is 0 Å². The van der Waals surface area contributed by atoms with Crippen molar-refractivity contribution >= 4 is 6.09 Å². The summed E-state index contributed by atoms with van der Waals surface area (Å²) in [7, 11) is 0. The van der Waals surface area contributed by atoms with E-state index in [4.69, 9.17) is 10.5 Å². The number of nitrogens with one attached hydrogen (secondary N) is 1. The van der Waals surface area contributed by atoms with Crippen LogP contribution < -0.4 is 11.1 Å². The highest BCUT2D eigenvalue weighted by atomic mass is 19.3. The highest BCUT2D eigenvalue weighted by Gasteiger charge is 2.40. The zero-order chi connectivity index (χ0) is 13.3. The Morgan fingerprint density at radius 2 is 2.00 bits per heavy atom. The Balaban J connectivity index is 2.49. The molecule has 0 bridgehead atoms. The number of nitrogens with two attached hydrogens (primary N) is 1. The van der Waals surface area contributed by atoms with Gasteiger partial charge in [-0.25, -0.2) is 13.6 Å². The number of hydrogen-bond acceptors (Lipinski definition) is 3. The molecule has 1 aliphatic rings. The lowest BCUT2D eigenvalue weighted by atomic mass is 9.88. The Labute approximate surface area is 99.9 Å². The zero-order valence-corrected chi connectivity index (χ0v) is 10.4. The summed E-state index contributed by atoms with van der Waals surface area (Å²) in [5, 5.41) is 2.44. The molecule has 3 N–H and O–H groups in total. The molecule has 1 amide bonds. The van der Waals surface area contributed by atoms with Crippen LogP contribution in [0.25, 0.3) is 0 Å². The molecular weight excluding hydrogens is 230 g/mol. The van der Waals surface area contributed by atoms with Crippen molar-refractivity contribution in [3.8, 4) is 0 Å². The van der Waals surface area contributed by atoms with Gasteiger partial charge in [0.25, 0.3) is 5.92 Å². The Kier molecular flexibility index (Phi) is 3.96. The fourth-order valence-corrected chi connectivity index (χ4v) is 1.94. The molecule has 1 saturated carbocycles. The summed E-state index contributed by atoms with van der Waals surface area (Å²) in [5.41, 5.74) is 4.90. The van der Waals surface area contributed by atoms with E-state index in [0.29, 0.717) is 6.42 Å². The average molecular weight is 250 g/mol. The van der Waals surface area contributed by atoms with E-state index in [1.54, 1.807) is 20.8 Å². The Morgan fingerprint density at radius 1 is 1.41 bits per heavy atom. The number of halogens is 2. The molecule has 6 heteroatoms. The van der Waals surface area contributed by atoms with Crippen molar-refractivity contribution in [2.24, 2.45) is 5.73 Å². The van der Waals surface area contributed by atoms with Crippen LogP contribution in [0.5, 0.6) is 0 Å². The smallest absolute Gasteiger partial charge is 0.407 e. The molecule has 0 aromatic heterocycles. The topological polar surface area (TPSA) is 64.3 Å². The zero-order valence-electron chi connectivity index (χ0n) is 10.4. The van der Waals surface area contributed by atoms with E-state index < -0.39 is 29.7 Å². The SMILES string of the molecule is CC(C)(C)OC(=O)N[C@@H]1C[C@H](N)CC(F)(F)C1. The second kappa shape index (κ2) is 4.76. The van der Waals surface area contributed by atoms with Gasteiger partial charge < -0.3 is 15.8 Å². The minimum absolute atomic E-state index is 0.320. The first-order valence-corrected chi connectivity index (χ1v) is 5.70. The number of ether oxygens (including phenoxy) is 1. The Bertz CT molecular complexity index is 290. The van der Waals surface area contributed by atoms with Crippen LogP contribution in [0.4, 0.5) is 13.6 Å². The molecule has 0 radical (unpaired) electrons. The Hall–Kier alpha value is -0.910. The van der Waals surface area contributed by atoms with E-state index >= 15 is 0 Å². The number of alkyl halides is 2. The van der Waals surface area contributed by atoms with E-state index in [1.807, 2.05) is 0 Å². The van der Waals surface area contributed by atoms with E-state index in [1.165, 1.54) is 0 Å². The van der Waals surface area contributed by atoms with Gasteiger partial charge in [-0.1, -0.05) is 0 Å². The molecule has 0 saturated heterocycles. The lowest BCUT2D eigenvalue weighted by Crippen LogP contribution is -2.49. The van der Waals surface area contributed by atoms with Crippen LogP contribution in [0, 0.1) is 0 Å². The second-order valence-corrected chi connectivity index (χ2v) is 5.60. The molecule has 0 aromatic carbocycles. The minimum Gasteiger partial charge on any atom is -0.444 e. The van der Waals surface area contributed by atoms with Crippen molar-refractivity contribution in [2.45, 2.75) is 63.6 Å². The number of carbonyl (C=O) groups excluding carboxylic acids is 1. The van der Waals surface area contributed by atoms with Gasteiger partial charge in [0.05, 0.1) is 0 Å². The lowest BCUT2D eigenvalue weighted by molar-refractivity contribution is -0.0506. The van der Waals surface area contributed by atoms with E-state index in [2.05, 4.69) is 5.32 Å². The molecular formula is C11H20F2N2O2. The number of hydrogen-bond donors (Lipinski definition) is 2. The molecule has 2 atom stereocenters. The van der Waals surface area contributed by atoms with Gasteiger partial charge in [0, 0.05) is 24.9 Å².